The van der Waals surface area contributed by atoms with Crippen LogP contribution in [-0.2, 0) is 0 Å². The van der Waals surface area contributed by atoms with Crippen LogP contribution in [-0.4, -0.2) is 46.5 Å². The standard InChI is InChI=1S/C18H15F2N5O3/c1-25(18(26)13-5-3-4-6-14(13)27-2)22-10-12-8-7-11(9-21-12)16-23-24-17(28-16)15(19)20/h3-10,15H,1-2H3/b22-10+. The molecule has 0 fully saturated rings. The molecule has 0 saturated heterocycles. The number of carbonyl (C=O) groups is 1. The number of ether oxygens (including phenoxy) is 1. The molecule has 0 radical (unpaired) electrons. The average Bonchev–Trinajstić information content (AvgIpc) is 3.22. The zero-order valence-electron chi connectivity index (χ0n) is 14.9. The summed E-state index contributed by atoms with van der Waals surface area (Å²) in [6, 6.07) is 9.95. The van der Waals surface area contributed by atoms with Crippen LogP contribution in [0, 0.1) is 0 Å². The predicted octanol–water partition coefficient (Wildman–Crippen LogP) is 3.18. The fourth-order valence-electron chi connectivity index (χ4n) is 2.24. The van der Waals surface area contributed by atoms with Crippen molar-refractivity contribution in [3.05, 3.63) is 59.7 Å². The first-order valence-electron chi connectivity index (χ1n) is 8.02. The Hall–Kier alpha value is -3.69. The van der Waals surface area contributed by atoms with Gasteiger partial charge in [0.1, 0.15) is 5.75 Å². The number of rotatable bonds is 6. The van der Waals surface area contributed by atoms with Gasteiger partial charge >= 0.3 is 6.43 Å². The van der Waals surface area contributed by atoms with Gasteiger partial charge in [0.05, 0.1) is 30.1 Å². The first-order valence-corrected chi connectivity index (χ1v) is 8.02. The van der Waals surface area contributed by atoms with Gasteiger partial charge in [-0.05, 0) is 24.3 Å². The van der Waals surface area contributed by atoms with E-state index < -0.39 is 12.3 Å². The van der Waals surface area contributed by atoms with Crippen LogP contribution in [0.25, 0.3) is 11.5 Å². The molecule has 0 spiro atoms. The van der Waals surface area contributed by atoms with E-state index >= 15 is 0 Å². The Morgan fingerprint density at radius 2 is 2.04 bits per heavy atom. The van der Waals surface area contributed by atoms with Gasteiger partial charge in [-0.2, -0.15) is 13.9 Å². The number of amides is 1. The molecule has 10 heteroatoms. The molecule has 0 aliphatic heterocycles. The predicted molar refractivity (Wildman–Crippen MR) is 95.2 cm³/mol. The Kier molecular flexibility index (Phi) is 5.68. The van der Waals surface area contributed by atoms with Gasteiger partial charge in [0.25, 0.3) is 11.8 Å². The van der Waals surface area contributed by atoms with Gasteiger partial charge in [0.15, 0.2) is 0 Å². The second kappa shape index (κ2) is 8.33. The lowest BCUT2D eigenvalue weighted by Gasteiger charge is -2.13. The smallest absolute Gasteiger partial charge is 0.314 e. The number of hydrazone groups is 1. The maximum Gasteiger partial charge on any atom is 0.314 e. The van der Waals surface area contributed by atoms with Gasteiger partial charge in [-0.25, -0.2) is 5.01 Å². The maximum atomic E-state index is 12.5. The number of hydrogen-bond acceptors (Lipinski definition) is 7. The van der Waals surface area contributed by atoms with E-state index in [-0.39, 0.29) is 11.8 Å². The summed E-state index contributed by atoms with van der Waals surface area (Å²) in [5.74, 6) is -0.720. The lowest BCUT2D eigenvalue weighted by atomic mass is 10.2. The monoisotopic (exact) mass is 387 g/mol. The normalized spacial score (nSPS) is 11.2. The molecule has 3 rings (SSSR count). The van der Waals surface area contributed by atoms with E-state index in [0.29, 0.717) is 22.6 Å². The lowest BCUT2D eigenvalue weighted by molar-refractivity contribution is 0.0797. The van der Waals surface area contributed by atoms with E-state index in [1.807, 2.05) is 0 Å². The summed E-state index contributed by atoms with van der Waals surface area (Å²) < 4.78 is 35.0. The minimum Gasteiger partial charge on any atom is -0.496 e. The Morgan fingerprint density at radius 3 is 2.68 bits per heavy atom. The van der Waals surface area contributed by atoms with Crippen molar-refractivity contribution in [3.63, 3.8) is 0 Å². The number of hydrogen-bond donors (Lipinski definition) is 0. The molecule has 1 aromatic carbocycles. The van der Waals surface area contributed by atoms with Crippen LogP contribution < -0.4 is 4.74 Å². The van der Waals surface area contributed by atoms with Crippen LogP contribution in [0.15, 0.2) is 52.1 Å². The molecule has 1 amide bonds. The topological polar surface area (TPSA) is 93.7 Å². The minimum atomic E-state index is -2.84. The summed E-state index contributed by atoms with van der Waals surface area (Å²) >= 11 is 0. The maximum absolute atomic E-state index is 12.5. The molecule has 144 valence electrons. The van der Waals surface area contributed by atoms with Gasteiger partial charge in [0, 0.05) is 13.2 Å². The van der Waals surface area contributed by atoms with Crippen molar-refractivity contribution in [1.29, 1.82) is 0 Å². The first-order chi connectivity index (χ1) is 13.5. The Labute approximate surface area is 158 Å². The van der Waals surface area contributed by atoms with E-state index in [0.717, 1.165) is 5.01 Å². The molecule has 0 atom stereocenters. The van der Waals surface area contributed by atoms with Crippen molar-refractivity contribution >= 4 is 12.1 Å². The summed E-state index contributed by atoms with van der Waals surface area (Å²) in [6.07, 6.45) is -0.0706. The van der Waals surface area contributed by atoms with Crippen LogP contribution in [0.5, 0.6) is 5.75 Å². The SMILES string of the molecule is COc1ccccc1C(=O)N(C)/N=C/c1ccc(-c2nnc(C(F)F)o2)cn1. The number of aromatic nitrogens is 3. The van der Waals surface area contributed by atoms with Crippen molar-refractivity contribution in [1.82, 2.24) is 20.2 Å². The van der Waals surface area contributed by atoms with E-state index in [1.54, 1.807) is 36.4 Å². The highest BCUT2D eigenvalue weighted by Gasteiger charge is 2.17. The molecule has 3 aromatic rings. The Balaban J connectivity index is 1.70. The zero-order chi connectivity index (χ0) is 20.1. The highest BCUT2D eigenvalue weighted by atomic mass is 19.3. The molecule has 2 aromatic heterocycles. The number of nitrogens with zero attached hydrogens (tertiary/aromatic N) is 5. The number of pyridine rings is 1. The van der Waals surface area contributed by atoms with E-state index in [4.69, 9.17) is 9.15 Å². The summed E-state index contributed by atoms with van der Waals surface area (Å²) in [6.45, 7) is 0. The molecule has 28 heavy (non-hydrogen) atoms. The second-order valence-electron chi connectivity index (χ2n) is 5.49. The van der Waals surface area contributed by atoms with E-state index in [2.05, 4.69) is 20.3 Å². The summed E-state index contributed by atoms with van der Waals surface area (Å²) in [5.41, 5.74) is 1.20. The third-order valence-corrected chi connectivity index (χ3v) is 3.66. The Bertz CT molecular complexity index is 989. The molecule has 8 nitrogen and oxygen atoms in total. The van der Waals surface area contributed by atoms with Crippen molar-refractivity contribution in [2.75, 3.05) is 14.2 Å². The lowest BCUT2D eigenvalue weighted by Crippen LogP contribution is -2.22. The fourth-order valence-corrected chi connectivity index (χ4v) is 2.24. The molecule has 0 unspecified atom stereocenters. The highest BCUT2D eigenvalue weighted by Crippen LogP contribution is 2.22. The van der Waals surface area contributed by atoms with Crippen molar-refractivity contribution < 1.29 is 22.7 Å². The van der Waals surface area contributed by atoms with Crippen molar-refractivity contribution in [2.24, 2.45) is 5.10 Å². The largest absolute Gasteiger partial charge is 0.496 e. The van der Waals surface area contributed by atoms with Crippen LogP contribution in [0.2, 0.25) is 0 Å². The van der Waals surface area contributed by atoms with Gasteiger partial charge in [0.2, 0.25) is 5.89 Å². The highest BCUT2D eigenvalue weighted by molar-refractivity contribution is 5.97. The third-order valence-electron chi connectivity index (χ3n) is 3.66. The molecule has 2 heterocycles. The fraction of sp³-hybridized carbons (Fsp3) is 0.167. The number of halogens is 2. The second-order valence-corrected chi connectivity index (χ2v) is 5.49. The minimum absolute atomic E-state index is 0.0604. The zero-order valence-corrected chi connectivity index (χ0v) is 14.9. The molecular formula is C18H15F2N5O3. The van der Waals surface area contributed by atoms with E-state index in [1.165, 1.54) is 26.6 Å². The van der Waals surface area contributed by atoms with Gasteiger partial charge in [-0.3, -0.25) is 9.78 Å². The number of para-hydroxylation sites is 1. The number of methoxy groups -OCH3 is 1. The summed E-state index contributed by atoms with van der Waals surface area (Å²) in [4.78, 5) is 16.6. The van der Waals surface area contributed by atoms with Gasteiger partial charge in [-0.15, -0.1) is 10.2 Å². The average molecular weight is 387 g/mol. The van der Waals surface area contributed by atoms with Gasteiger partial charge < -0.3 is 9.15 Å². The van der Waals surface area contributed by atoms with Crippen LogP contribution >= 0.6 is 0 Å². The molecule has 0 saturated carbocycles. The van der Waals surface area contributed by atoms with Gasteiger partial charge in [-0.1, -0.05) is 12.1 Å². The van der Waals surface area contributed by atoms with Crippen LogP contribution in [0.4, 0.5) is 8.78 Å². The number of alkyl halides is 2. The molecule has 0 aliphatic rings. The first kappa shape index (κ1) is 19.1. The van der Waals surface area contributed by atoms with Crippen molar-refractivity contribution in [2.45, 2.75) is 6.43 Å². The van der Waals surface area contributed by atoms with Crippen molar-refractivity contribution in [3.8, 4) is 17.2 Å². The molecule has 0 N–H and O–H groups in total. The van der Waals surface area contributed by atoms with Crippen LogP contribution in [0.1, 0.15) is 28.4 Å². The third kappa shape index (κ3) is 4.17. The van der Waals surface area contributed by atoms with Crippen LogP contribution in [0.3, 0.4) is 0 Å². The number of benzene rings is 1. The van der Waals surface area contributed by atoms with E-state index in [9.17, 15) is 13.6 Å². The summed E-state index contributed by atoms with van der Waals surface area (Å²) in [7, 11) is 2.98. The summed E-state index contributed by atoms with van der Waals surface area (Å²) in [5, 5.41) is 12.0. The molecule has 0 aliphatic carbocycles. The molecule has 0 bridgehead atoms. The molecular weight excluding hydrogens is 372 g/mol. The quantitative estimate of drug-likeness (QED) is 0.476. The number of carbonyl (C=O) groups excluding carboxylic acids is 1. The Morgan fingerprint density at radius 1 is 1.25 bits per heavy atom.